The highest BCUT2D eigenvalue weighted by atomic mass is 35.5. The number of rotatable bonds is 4. The molecule has 0 saturated carbocycles. The number of esters is 1. The van der Waals surface area contributed by atoms with Gasteiger partial charge in [0.15, 0.2) is 0 Å². The number of hydrogen-bond donors (Lipinski definition) is 1. The van der Waals surface area contributed by atoms with Crippen LogP contribution in [0.4, 0.5) is 5.69 Å². The minimum absolute atomic E-state index is 0.257. The van der Waals surface area contributed by atoms with E-state index >= 15 is 0 Å². The van der Waals surface area contributed by atoms with Gasteiger partial charge in [0.05, 0.1) is 27.8 Å². The highest BCUT2D eigenvalue weighted by Gasteiger charge is 2.18. The van der Waals surface area contributed by atoms with Crippen molar-refractivity contribution in [2.45, 2.75) is 6.92 Å². The van der Waals surface area contributed by atoms with Crippen LogP contribution in [0.25, 0.3) is 0 Å². The summed E-state index contributed by atoms with van der Waals surface area (Å²) in [6.07, 6.45) is 0. The molecule has 110 valence electrons. The van der Waals surface area contributed by atoms with E-state index in [4.69, 9.17) is 27.9 Å². The number of ether oxygens (including phenoxy) is 1. The van der Waals surface area contributed by atoms with Crippen LogP contribution in [0.15, 0.2) is 30.3 Å². The molecule has 0 atom stereocenters. The Balaban J connectivity index is 2.25. The van der Waals surface area contributed by atoms with Crippen molar-refractivity contribution in [3.05, 3.63) is 50.1 Å². The topological polar surface area (TPSA) is 55.4 Å². The standard InChI is InChI=1S/C14H11Cl2NO3S/c1-2-20-14(19)8-5-3-4-6-10(8)17-13(18)9-7-11(15)21-12(9)16/h3-7H,2H2,1H3,(H,17,18). The molecule has 0 fully saturated rings. The Bertz CT molecular complexity index is 685. The molecule has 0 saturated heterocycles. The largest absolute Gasteiger partial charge is 0.462 e. The van der Waals surface area contributed by atoms with E-state index in [9.17, 15) is 9.59 Å². The molecule has 1 N–H and O–H groups in total. The normalized spacial score (nSPS) is 10.2. The number of amides is 1. The van der Waals surface area contributed by atoms with Crippen molar-refractivity contribution in [2.24, 2.45) is 0 Å². The molecule has 0 aliphatic carbocycles. The molecule has 1 amide bonds. The summed E-state index contributed by atoms with van der Waals surface area (Å²) in [6.45, 7) is 1.97. The van der Waals surface area contributed by atoms with Crippen molar-refractivity contribution in [3.63, 3.8) is 0 Å². The van der Waals surface area contributed by atoms with E-state index < -0.39 is 11.9 Å². The van der Waals surface area contributed by atoms with Gasteiger partial charge < -0.3 is 10.1 Å². The second kappa shape index (κ2) is 6.93. The van der Waals surface area contributed by atoms with Crippen molar-refractivity contribution >= 4 is 52.1 Å². The Hall–Kier alpha value is -1.56. The second-order valence-electron chi connectivity index (χ2n) is 3.96. The number of hydrogen-bond acceptors (Lipinski definition) is 4. The van der Waals surface area contributed by atoms with Crippen LogP contribution in [-0.4, -0.2) is 18.5 Å². The highest BCUT2D eigenvalue weighted by molar-refractivity contribution is 7.20. The molecule has 2 rings (SSSR count). The Morgan fingerprint density at radius 3 is 2.57 bits per heavy atom. The quantitative estimate of drug-likeness (QED) is 0.832. The van der Waals surface area contributed by atoms with E-state index in [1.165, 1.54) is 6.07 Å². The Labute approximate surface area is 135 Å². The first kappa shape index (κ1) is 15.8. The average Bonchev–Trinajstić information content (AvgIpc) is 2.78. The fourth-order valence-corrected chi connectivity index (χ4v) is 3.12. The summed E-state index contributed by atoms with van der Waals surface area (Å²) in [7, 11) is 0. The zero-order valence-electron chi connectivity index (χ0n) is 11.0. The number of halogens is 2. The van der Waals surface area contributed by atoms with Gasteiger partial charge in [-0.15, -0.1) is 11.3 Å². The van der Waals surface area contributed by atoms with Crippen LogP contribution < -0.4 is 5.32 Å². The van der Waals surface area contributed by atoms with Crippen LogP contribution in [0.2, 0.25) is 8.67 Å². The van der Waals surface area contributed by atoms with Crippen molar-refractivity contribution in [1.82, 2.24) is 0 Å². The van der Waals surface area contributed by atoms with Crippen molar-refractivity contribution in [2.75, 3.05) is 11.9 Å². The van der Waals surface area contributed by atoms with Crippen molar-refractivity contribution in [3.8, 4) is 0 Å². The molecule has 1 aromatic carbocycles. The smallest absolute Gasteiger partial charge is 0.340 e. The van der Waals surface area contributed by atoms with Gasteiger partial charge >= 0.3 is 5.97 Å². The molecule has 0 bridgehead atoms. The third-order valence-corrected chi connectivity index (χ3v) is 4.06. The fraction of sp³-hybridized carbons (Fsp3) is 0.143. The molecule has 0 radical (unpaired) electrons. The third kappa shape index (κ3) is 3.75. The van der Waals surface area contributed by atoms with E-state index in [-0.39, 0.29) is 17.7 Å². The lowest BCUT2D eigenvalue weighted by Gasteiger charge is -2.09. The second-order valence-corrected chi connectivity index (χ2v) is 6.24. The van der Waals surface area contributed by atoms with Crippen LogP contribution in [0, 0.1) is 0 Å². The zero-order chi connectivity index (χ0) is 15.4. The lowest BCUT2D eigenvalue weighted by Crippen LogP contribution is -2.15. The van der Waals surface area contributed by atoms with Gasteiger partial charge in [0.2, 0.25) is 0 Å². The summed E-state index contributed by atoms with van der Waals surface area (Å²) in [6, 6.07) is 8.08. The summed E-state index contributed by atoms with van der Waals surface area (Å²) in [5, 5.41) is 2.64. The third-order valence-electron chi connectivity index (χ3n) is 2.57. The van der Waals surface area contributed by atoms with E-state index in [1.807, 2.05) is 0 Å². The predicted molar refractivity (Wildman–Crippen MR) is 84.7 cm³/mol. The molecule has 7 heteroatoms. The maximum atomic E-state index is 12.2. The minimum atomic E-state index is -0.497. The number of nitrogens with one attached hydrogen (secondary N) is 1. The summed E-state index contributed by atoms with van der Waals surface area (Å²) in [5.74, 6) is -0.928. The van der Waals surface area contributed by atoms with Gasteiger partial charge in [0.1, 0.15) is 4.34 Å². The Kier molecular flexibility index (Phi) is 5.22. The highest BCUT2D eigenvalue weighted by Crippen LogP contribution is 2.31. The average molecular weight is 344 g/mol. The summed E-state index contributed by atoms with van der Waals surface area (Å²) in [4.78, 5) is 24.0. The van der Waals surface area contributed by atoms with E-state index in [0.29, 0.717) is 14.4 Å². The van der Waals surface area contributed by atoms with Crippen molar-refractivity contribution in [1.29, 1.82) is 0 Å². The zero-order valence-corrected chi connectivity index (χ0v) is 13.3. The summed E-state index contributed by atoms with van der Waals surface area (Å²) >= 11 is 12.9. The minimum Gasteiger partial charge on any atom is -0.462 e. The van der Waals surface area contributed by atoms with E-state index in [1.54, 1.807) is 31.2 Å². The number of thiophene rings is 1. The van der Waals surface area contributed by atoms with Crippen molar-refractivity contribution < 1.29 is 14.3 Å². The van der Waals surface area contributed by atoms with Crippen LogP contribution in [0.5, 0.6) is 0 Å². The Morgan fingerprint density at radius 1 is 1.24 bits per heavy atom. The fourth-order valence-electron chi connectivity index (χ4n) is 1.66. The molecule has 1 heterocycles. The van der Waals surface area contributed by atoms with Crippen LogP contribution in [0.3, 0.4) is 0 Å². The number of carbonyl (C=O) groups excluding carboxylic acids is 2. The lowest BCUT2D eigenvalue weighted by molar-refractivity contribution is 0.0527. The molecule has 2 aromatic rings. The maximum absolute atomic E-state index is 12.2. The van der Waals surface area contributed by atoms with Gasteiger partial charge in [-0.3, -0.25) is 4.79 Å². The van der Waals surface area contributed by atoms with Gasteiger partial charge in [-0.2, -0.15) is 0 Å². The van der Waals surface area contributed by atoms with Gasteiger partial charge in [-0.25, -0.2) is 4.79 Å². The molecule has 21 heavy (non-hydrogen) atoms. The molecule has 0 unspecified atom stereocenters. The summed E-state index contributed by atoms with van der Waals surface area (Å²) in [5.41, 5.74) is 0.912. The SMILES string of the molecule is CCOC(=O)c1ccccc1NC(=O)c1cc(Cl)sc1Cl. The van der Waals surface area contributed by atoms with Crippen LogP contribution >= 0.6 is 34.5 Å². The monoisotopic (exact) mass is 343 g/mol. The van der Waals surface area contributed by atoms with Gasteiger partial charge in [-0.1, -0.05) is 35.3 Å². The molecule has 0 aliphatic rings. The maximum Gasteiger partial charge on any atom is 0.340 e. The number of benzene rings is 1. The van der Waals surface area contributed by atoms with E-state index in [2.05, 4.69) is 5.32 Å². The number of para-hydroxylation sites is 1. The molecular weight excluding hydrogens is 333 g/mol. The lowest BCUT2D eigenvalue weighted by atomic mass is 10.1. The Morgan fingerprint density at radius 2 is 1.95 bits per heavy atom. The molecule has 0 aliphatic heterocycles. The molecular formula is C14H11Cl2NO3S. The molecule has 4 nitrogen and oxygen atoms in total. The summed E-state index contributed by atoms with van der Waals surface area (Å²) < 4.78 is 5.67. The first-order valence-electron chi connectivity index (χ1n) is 6.05. The van der Waals surface area contributed by atoms with Crippen LogP contribution in [-0.2, 0) is 4.74 Å². The molecule has 0 spiro atoms. The van der Waals surface area contributed by atoms with E-state index in [0.717, 1.165) is 11.3 Å². The first-order chi connectivity index (χ1) is 10.0. The van der Waals surface area contributed by atoms with Gasteiger partial charge in [-0.05, 0) is 25.1 Å². The van der Waals surface area contributed by atoms with Crippen LogP contribution in [0.1, 0.15) is 27.6 Å². The van der Waals surface area contributed by atoms with Gasteiger partial charge in [0, 0.05) is 0 Å². The van der Waals surface area contributed by atoms with Gasteiger partial charge in [0.25, 0.3) is 5.91 Å². The number of carbonyl (C=O) groups is 2. The predicted octanol–water partition coefficient (Wildman–Crippen LogP) is 4.48. The molecule has 1 aromatic heterocycles. The first-order valence-corrected chi connectivity index (χ1v) is 7.62. The number of anilines is 1.